The minimum Gasteiger partial charge on any atom is -0.410 e. The van der Waals surface area contributed by atoms with E-state index in [1.165, 1.54) is 0 Å². The molecule has 88 valence electrons. The lowest BCUT2D eigenvalue weighted by Crippen LogP contribution is -2.28. The average molecular weight is 243 g/mol. The van der Waals surface area contributed by atoms with Gasteiger partial charge in [0, 0.05) is 38.3 Å². The normalized spacial score (nSPS) is 9.69. The van der Waals surface area contributed by atoms with Crippen LogP contribution >= 0.6 is 11.6 Å². The van der Waals surface area contributed by atoms with Crippen LogP contribution in [0.2, 0.25) is 0 Å². The van der Waals surface area contributed by atoms with E-state index in [1.807, 2.05) is 31.1 Å². The Kier molecular flexibility index (Phi) is 4.92. The number of alkyl halides is 1. The van der Waals surface area contributed by atoms with Crippen LogP contribution < -0.4 is 15.0 Å². The zero-order valence-corrected chi connectivity index (χ0v) is 10.1. The van der Waals surface area contributed by atoms with E-state index in [1.54, 1.807) is 12.1 Å². The average Bonchev–Trinajstić information content (AvgIpc) is 2.26. The van der Waals surface area contributed by atoms with Crippen molar-refractivity contribution in [2.24, 2.45) is 0 Å². The van der Waals surface area contributed by atoms with Gasteiger partial charge in [-0.15, -0.1) is 11.6 Å². The number of hydrogen-bond acceptors (Lipinski definition) is 3. The van der Waals surface area contributed by atoms with Crippen LogP contribution in [0, 0.1) is 0 Å². The van der Waals surface area contributed by atoms with E-state index in [-0.39, 0.29) is 0 Å². The van der Waals surface area contributed by atoms with Gasteiger partial charge in [-0.1, -0.05) is 6.07 Å². The Bertz CT molecular complexity index is 356. The first kappa shape index (κ1) is 12.6. The number of benzene rings is 1. The number of carbonyl (C=O) groups excluding carboxylic acids is 1. The summed E-state index contributed by atoms with van der Waals surface area (Å²) in [4.78, 5) is 13.2. The lowest BCUT2D eigenvalue weighted by atomic mass is 10.3. The molecule has 1 amide bonds. The minimum absolute atomic E-state index is 0.368. The molecule has 0 radical (unpaired) electrons. The Morgan fingerprint density at radius 2 is 2.25 bits per heavy atom. The summed E-state index contributed by atoms with van der Waals surface area (Å²) in [5.74, 6) is 0.880. The SMILES string of the molecule is CN(C)c1cccc(OC(=O)NCCCl)c1. The molecule has 0 spiro atoms. The maximum atomic E-state index is 11.2. The number of nitrogens with zero attached hydrogens (tertiary/aromatic N) is 1. The molecule has 0 aliphatic rings. The quantitative estimate of drug-likeness (QED) is 0.822. The van der Waals surface area contributed by atoms with E-state index in [0.29, 0.717) is 18.2 Å². The van der Waals surface area contributed by atoms with Gasteiger partial charge < -0.3 is 15.0 Å². The molecule has 0 unspecified atom stereocenters. The zero-order chi connectivity index (χ0) is 12.0. The van der Waals surface area contributed by atoms with Crippen LogP contribution in [0.15, 0.2) is 24.3 Å². The van der Waals surface area contributed by atoms with Crippen molar-refractivity contribution in [3.05, 3.63) is 24.3 Å². The molecule has 0 saturated heterocycles. The van der Waals surface area contributed by atoms with Crippen molar-refractivity contribution in [1.82, 2.24) is 5.32 Å². The Labute approximate surface area is 100 Å². The van der Waals surface area contributed by atoms with Crippen molar-refractivity contribution in [2.45, 2.75) is 0 Å². The van der Waals surface area contributed by atoms with Gasteiger partial charge in [-0.25, -0.2) is 4.79 Å². The summed E-state index contributed by atoms with van der Waals surface area (Å²) in [6, 6.07) is 7.29. The molecule has 0 aliphatic carbocycles. The van der Waals surface area contributed by atoms with Gasteiger partial charge in [-0.05, 0) is 12.1 Å². The summed E-state index contributed by atoms with van der Waals surface area (Å²) in [7, 11) is 3.85. The summed E-state index contributed by atoms with van der Waals surface area (Å²) in [6.07, 6.45) is -0.489. The van der Waals surface area contributed by atoms with Gasteiger partial charge in [0.25, 0.3) is 0 Å². The largest absolute Gasteiger partial charge is 0.412 e. The summed E-state index contributed by atoms with van der Waals surface area (Å²) < 4.78 is 5.07. The standard InChI is InChI=1S/C11H15ClN2O2/c1-14(2)9-4-3-5-10(8-9)16-11(15)13-7-6-12/h3-5,8H,6-7H2,1-2H3,(H,13,15). The highest BCUT2D eigenvalue weighted by Crippen LogP contribution is 2.19. The number of carbonyl (C=O) groups is 1. The molecule has 5 heteroatoms. The highest BCUT2D eigenvalue weighted by Gasteiger charge is 2.04. The number of hydrogen-bond donors (Lipinski definition) is 1. The van der Waals surface area contributed by atoms with Gasteiger partial charge in [-0.3, -0.25) is 0 Å². The monoisotopic (exact) mass is 242 g/mol. The lowest BCUT2D eigenvalue weighted by Gasteiger charge is -2.13. The maximum Gasteiger partial charge on any atom is 0.412 e. The van der Waals surface area contributed by atoms with E-state index in [0.717, 1.165) is 5.69 Å². The highest BCUT2D eigenvalue weighted by molar-refractivity contribution is 6.18. The molecular formula is C11H15ClN2O2. The van der Waals surface area contributed by atoms with Crippen LogP contribution in [-0.2, 0) is 0 Å². The Hall–Kier alpha value is -1.42. The first-order valence-corrected chi connectivity index (χ1v) is 5.46. The van der Waals surface area contributed by atoms with Crippen molar-refractivity contribution in [2.75, 3.05) is 31.4 Å². The summed E-state index contributed by atoms with van der Waals surface area (Å²) >= 11 is 5.44. The molecule has 0 bridgehead atoms. The first-order valence-electron chi connectivity index (χ1n) is 4.92. The number of anilines is 1. The molecule has 0 heterocycles. The molecule has 0 atom stereocenters. The second-order valence-corrected chi connectivity index (χ2v) is 3.78. The predicted octanol–water partition coefficient (Wildman–Crippen LogP) is 2.08. The molecule has 16 heavy (non-hydrogen) atoms. The van der Waals surface area contributed by atoms with Gasteiger partial charge in [0.1, 0.15) is 5.75 Å². The number of amides is 1. The lowest BCUT2D eigenvalue weighted by molar-refractivity contribution is 0.201. The third-order valence-electron chi connectivity index (χ3n) is 1.91. The molecule has 1 N–H and O–H groups in total. The summed E-state index contributed by atoms with van der Waals surface area (Å²) in [5, 5.41) is 2.52. The number of nitrogens with one attached hydrogen (secondary N) is 1. The Balaban J connectivity index is 2.59. The highest BCUT2D eigenvalue weighted by atomic mass is 35.5. The zero-order valence-electron chi connectivity index (χ0n) is 9.37. The maximum absolute atomic E-state index is 11.2. The second-order valence-electron chi connectivity index (χ2n) is 3.40. The Morgan fingerprint density at radius 1 is 1.50 bits per heavy atom. The van der Waals surface area contributed by atoms with Gasteiger partial charge in [0.15, 0.2) is 0 Å². The fraction of sp³-hybridized carbons (Fsp3) is 0.364. The van der Waals surface area contributed by atoms with E-state index in [9.17, 15) is 4.79 Å². The van der Waals surface area contributed by atoms with Crippen LogP contribution in [0.1, 0.15) is 0 Å². The van der Waals surface area contributed by atoms with E-state index < -0.39 is 6.09 Å². The van der Waals surface area contributed by atoms with Crippen LogP contribution in [0.3, 0.4) is 0 Å². The molecule has 0 saturated carbocycles. The van der Waals surface area contributed by atoms with Gasteiger partial charge in [-0.2, -0.15) is 0 Å². The third kappa shape index (κ3) is 3.98. The van der Waals surface area contributed by atoms with E-state index >= 15 is 0 Å². The molecule has 0 aromatic heterocycles. The van der Waals surface area contributed by atoms with Crippen molar-refractivity contribution < 1.29 is 9.53 Å². The van der Waals surface area contributed by atoms with Crippen molar-refractivity contribution in [3.8, 4) is 5.75 Å². The topological polar surface area (TPSA) is 41.6 Å². The minimum atomic E-state index is -0.489. The molecule has 4 nitrogen and oxygen atoms in total. The van der Waals surface area contributed by atoms with Crippen LogP contribution in [0.5, 0.6) is 5.75 Å². The number of halogens is 1. The van der Waals surface area contributed by atoms with Crippen LogP contribution in [0.4, 0.5) is 10.5 Å². The second kappa shape index (κ2) is 6.23. The third-order valence-corrected chi connectivity index (χ3v) is 2.10. The molecule has 1 rings (SSSR count). The number of rotatable bonds is 4. The van der Waals surface area contributed by atoms with Crippen molar-refractivity contribution in [3.63, 3.8) is 0 Å². The van der Waals surface area contributed by atoms with Crippen molar-refractivity contribution in [1.29, 1.82) is 0 Å². The molecule has 1 aromatic rings. The summed E-state index contributed by atoms with van der Waals surface area (Å²) in [6.45, 7) is 0.397. The molecular weight excluding hydrogens is 228 g/mol. The van der Waals surface area contributed by atoms with Crippen LogP contribution in [0.25, 0.3) is 0 Å². The molecule has 1 aromatic carbocycles. The predicted molar refractivity (Wildman–Crippen MR) is 65.5 cm³/mol. The van der Waals surface area contributed by atoms with E-state index in [2.05, 4.69) is 5.32 Å². The summed E-state index contributed by atoms with van der Waals surface area (Å²) in [5.41, 5.74) is 0.975. The number of ether oxygens (including phenoxy) is 1. The first-order chi connectivity index (χ1) is 7.63. The Morgan fingerprint density at radius 3 is 2.88 bits per heavy atom. The van der Waals surface area contributed by atoms with Gasteiger partial charge >= 0.3 is 6.09 Å². The van der Waals surface area contributed by atoms with Crippen molar-refractivity contribution >= 4 is 23.4 Å². The van der Waals surface area contributed by atoms with Crippen LogP contribution in [-0.4, -0.2) is 32.6 Å². The van der Waals surface area contributed by atoms with E-state index in [4.69, 9.17) is 16.3 Å². The molecule has 0 aliphatic heterocycles. The fourth-order valence-corrected chi connectivity index (χ4v) is 1.21. The molecule has 0 fully saturated rings. The van der Waals surface area contributed by atoms with Gasteiger partial charge in [0.05, 0.1) is 0 Å². The van der Waals surface area contributed by atoms with Gasteiger partial charge in [0.2, 0.25) is 0 Å². The fourth-order valence-electron chi connectivity index (χ4n) is 1.12. The smallest absolute Gasteiger partial charge is 0.410 e.